The fraction of sp³-hybridized carbons (Fsp3) is 0.227. The zero-order valence-corrected chi connectivity index (χ0v) is 14.9. The topological polar surface area (TPSA) is 47.6 Å². The summed E-state index contributed by atoms with van der Waals surface area (Å²) >= 11 is 0. The second kappa shape index (κ2) is 8.90. The Labute approximate surface area is 153 Å². The van der Waals surface area contributed by atoms with Crippen molar-refractivity contribution in [1.29, 1.82) is 0 Å². The number of carbonyl (C=O) groups is 1. The third-order valence-electron chi connectivity index (χ3n) is 4.09. The summed E-state index contributed by atoms with van der Waals surface area (Å²) in [6, 6.07) is 23.4. The highest BCUT2D eigenvalue weighted by Crippen LogP contribution is 2.24. The molecule has 0 bridgehead atoms. The highest BCUT2D eigenvalue weighted by Gasteiger charge is 2.17. The molecule has 0 spiro atoms. The molecule has 26 heavy (non-hydrogen) atoms. The number of carbonyl (C=O) groups excluding carboxylic acids is 1. The Morgan fingerprint density at radius 1 is 0.962 bits per heavy atom. The Morgan fingerprint density at radius 3 is 2.50 bits per heavy atom. The number of hydrogen-bond acceptors (Lipinski definition) is 3. The summed E-state index contributed by atoms with van der Waals surface area (Å²) in [6.45, 7) is 2.76. The maximum absolute atomic E-state index is 12.3. The van der Waals surface area contributed by atoms with Crippen LogP contribution in [0, 0.1) is 0 Å². The molecule has 4 heteroatoms. The fourth-order valence-corrected chi connectivity index (χ4v) is 2.76. The molecule has 0 aliphatic heterocycles. The van der Waals surface area contributed by atoms with E-state index in [0.717, 1.165) is 16.5 Å². The van der Waals surface area contributed by atoms with Crippen LogP contribution in [-0.4, -0.2) is 25.2 Å². The quantitative estimate of drug-likeness (QED) is 0.620. The number of fused-ring (bicyclic) bond motifs is 1. The Kier molecular flexibility index (Phi) is 6.09. The van der Waals surface area contributed by atoms with E-state index in [0.29, 0.717) is 25.3 Å². The van der Waals surface area contributed by atoms with Gasteiger partial charge in [-0.2, -0.15) is 0 Å². The molecule has 1 amide bonds. The molecule has 4 nitrogen and oxygen atoms in total. The second-order valence-electron chi connectivity index (χ2n) is 5.94. The molecule has 3 aromatic carbocycles. The van der Waals surface area contributed by atoms with E-state index in [4.69, 9.17) is 9.47 Å². The van der Waals surface area contributed by atoms with Gasteiger partial charge in [-0.15, -0.1) is 0 Å². The number of ether oxygens (including phenoxy) is 2. The van der Waals surface area contributed by atoms with Gasteiger partial charge in [0.05, 0.1) is 6.54 Å². The van der Waals surface area contributed by atoms with E-state index >= 15 is 0 Å². The highest BCUT2D eigenvalue weighted by molar-refractivity contribution is 5.88. The van der Waals surface area contributed by atoms with E-state index < -0.39 is 6.10 Å². The van der Waals surface area contributed by atoms with Gasteiger partial charge in [0.15, 0.2) is 6.10 Å². The number of nitrogens with one attached hydrogen (secondary N) is 1. The summed E-state index contributed by atoms with van der Waals surface area (Å²) in [6.07, 6.45) is 0.0974. The average molecular weight is 349 g/mol. The molecule has 0 heterocycles. The summed E-state index contributed by atoms with van der Waals surface area (Å²) in [5, 5.41) is 5.09. The van der Waals surface area contributed by atoms with Gasteiger partial charge in [0, 0.05) is 5.39 Å². The predicted octanol–water partition coefficient (Wildman–Crippen LogP) is 4.19. The lowest BCUT2D eigenvalue weighted by atomic mass is 10.1. The van der Waals surface area contributed by atoms with Crippen molar-refractivity contribution >= 4 is 16.7 Å². The van der Waals surface area contributed by atoms with Crippen molar-refractivity contribution in [2.24, 2.45) is 0 Å². The van der Waals surface area contributed by atoms with Gasteiger partial charge in [-0.05, 0) is 30.0 Å². The lowest BCUT2D eigenvalue weighted by Crippen LogP contribution is -2.39. The Balaban J connectivity index is 1.50. The molecule has 0 aliphatic rings. The van der Waals surface area contributed by atoms with Crippen LogP contribution in [0.4, 0.5) is 0 Å². The molecular formula is C22H23NO3. The van der Waals surface area contributed by atoms with Gasteiger partial charge >= 0.3 is 0 Å². The smallest absolute Gasteiger partial charge is 0.261 e. The van der Waals surface area contributed by atoms with Crippen molar-refractivity contribution in [2.45, 2.75) is 19.4 Å². The predicted molar refractivity (Wildman–Crippen MR) is 104 cm³/mol. The third-order valence-corrected chi connectivity index (χ3v) is 4.09. The van der Waals surface area contributed by atoms with Crippen LogP contribution >= 0.6 is 0 Å². The Hall–Kier alpha value is -3.01. The molecule has 0 saturated carbocycles. The lowest BCUT2D eigenvalue weighted by molar-refractivity contribution is -0.128. The summed E-state index contributed by atoms with van der Waals surface area (Å²) in [4.78, 5) is 12.3. The normalized spacial score (nSPS) is 11.7. The summed E-state index contributed by atoms with van der Waals surface area (Å²) < 4.78 is 11.6. The van der Waals surface area contributed by atoms with Crippen LogP contribution in [0.3, 0.4) is 0 Å². The fourth-order valence-electron chi connectivity index (χ4n) is 2.76. The van der Waals surface area contributed by atoms with Crippen molar-refractivity contribution in [3.8, 4) is 11.5 Å². The van der Waals surface area contributed by atoms with Gasteiger partial charge in [0.2, 0.25) is 0 Å². The van der Waals surface area contributed by atoms with Crippen molar-refractivity contribution in [1.82, 2.24) is 5.32 Å². The van der Waals surface area contributed by atoms with Gasteiger partial charge in [-0.1, -0.05) is 61.5 Å². The first-order valence-corrected chi connectivity index (χ1v) is 8.88. The molecule has 3 aromatic rings. The van der Waals surface area contributed by atoms with E-state index in [-0.39, 0.29) is 5.91 Å². The monoisotopic (exact) mass is 349 g/mol. The van der Waals surface area contributed by atoms with E-state index in [9.17, 15) is 4.79 Å². The summed E-state index contributed by atoms with van der Waals surface area (Å²) in [5.41, 5.74) is 0. The summed E-state index contributed by atoms with van der Waals surface area (Å²) in [7, 11) is 0. The van der Waals surface area contributed by atoms with Crippen molar-refractivity contribution < 1.29 is 14.3 Å². The minimum absolute atomic E-state index is 0.127. The molecule has 1 N–H and O–H groups in total. The van der Waals surface area contributed by atoms with Gasteiger partial charge in [0.1, 0.15) is 18.1 Å². The van der Waals surface area contributed by atoms with Crippen LogP contribution in [0.1, 0.15) is 13.3 Å². The summed E-state index contributed by atoms with van der Waals surface area (Å²) in [5.74, 6) is 1.39. The third kappa shape index (κ3) is 4.54. The number of rotatable bonds is 8. The number of para-hydroxylation sites is 1. The molecule has 0 saturated heterocycles. The minimum atomic E-state index is -0.505. The van der Waals surface area contributed by atoms with Gasteiger partial charge < -0.3 is 14.8 Å². The van der Waals surface area contributed by atoms with Crippen LogP contribution in [0.5, 0.6) is 11.5 Å². The molecule has 134 valence electrons. The van der Waals surface area contributed by atoms with E-state index in [1.807, 2.05) is 67.6 Å². The van der Waals surface area contributed by atoms with Gasteiger partial charge in [0.25, 0.3) is 5.91 Å². The lowest BCUT2D eigenvalue weighted by Gasteiger charge is -2.17. The first kappa shape index (κ1) is 17.8. The van der Waals surface area contributed by atoms with E-state index in [2.05, 4.69) is 17.4 Å². The van der Waals surface area contributed by atoms with Crippen molar-refractivity contribution in [2.75, 3.05) is 13.2 Å². The molecule has 0 radical (unpaired) electrons. The number of hydrogen-bond donors (Lipinski definition) is 1. The standard InChI is InChI=1S/C22H23NO3/c1-2-20(26-18-11-4-3-5-12-18)22(24)23-15-16-25-21-14-8-10-17-9-6-7-13-19(17)21/h3-14,20H,2,15-16H2,1H3,(H,23,24)/t20-/m0/s1. The second-order valence-corrected chi connectivity index (χ2v) is 5.94. The van der Waals surface area contributed by atoms with Gasteiger partial charge in [-0.3, -0.25) is 4.79 Å². The molecule has 0 fully saturated rings. The van der Waals surface area contributed by atoms with Crippen LogP contribution in [0.2, 0.25) is 0 Å². The minimum Gasteiger partial charge on any atom is -0.491 e. The van der Waals surface area contributed by atoms with Crippen LogP contribution < -0.4 is 14.8 Å². The zero-order chi connectivity index (χ0) is 18.2. The van der Waals surface area contributed by atoms with Crippen molar-refractivity contribution in [3.63, 3.8) is 0 Å². The maximum Gasteiger partial charge on any atom is 0.261 e. The Bertz CT molecular complexity index is 843. The molecular weight excluding hydrogens is 326 g/mol. The van der Waals surface area contributed by atoms with Crippen LogP contribution in [0.15, 0.2) is 72.8 Å². The van der Waals surface area contributed by atoms with E-state index in [1.165, 1.54) is 0 Å². The molecule has 3 rings (SSSR count). The first-order valence-electron chi connectivity index (χ1n) is 8.88. The van der Waals surface area contributed by atoms with Crippen molar-refractivity contribution in [3.05, 3.63) is 72.8 Å². The maximum atomic E-state index is 12.3. The largest absolute Gasteiger partial charge is 0.491 e. The molecule has 1 atom stereocenters. The van der Waals surface area contributed by atoms with Gasteiger partial charge in [-0.25, -0.2) is 0 Å². The number of amides is 1. The Morgan fingerprint density at radius 2 is 1.69 bits per heavy atom. The molecule has 0 unspecified atom stereocenters. The number of benzene rings is 3. The SMILES string of the molecule is CC[C@H](Oc1ccccc1)C(=O)NCCOc1cccc2ccccc12. The average Bonchev–Trinajstić information content (AvgIpc) is 2.70. The van der Waals surface area contributed by atoms with E-state index in [1.54, 1.807) is 0 Å². The van der Waals surface area contributed by atoms with Crippen LogP contribution in [0.25, 0.3) is 10.8 Å². The first-order chi connectivity index (χ1) is 12.8. The highest BCUT2D eigenvalue weighted by atomic mass is 16.5. The van der Waals surface area contributed by atoms with Crippen LogP contribution in [-0.2, 0) is 4.79 Å². The molecule has 0 aromatic heterocycles. The molecule has 0 aliphatic carbocycles. The zero-order valence-electron chi connectivity index (χ0n) is 14.9.